The van der Waals surface area contributed by atoms with Crippen LogP contribution < -0.4 is 5.73 Å². The molecule has 1 atom stereocenters. The maximum Gasteiger partial charge on any atom is 0.141 e. The zero-order chi connectivity index (χ0) is 10.1. The minimum Gasteiger partial charge on any atom is -0.322 e. The first kappa shape index (κ1) is 10.5. The smallest absolute Gasteiger partial charge is 0.141 e. The minimum atomic E-state index is -0.433. The summed E-state index contributed by atoms with van der Waals surface area (Å²) in [6.07, 6.45) is 0.787. The van der Waals surface area contributed by atoms with Crippen LogP contribution in [0, 0.1) is 5.82 Å². The lowest BCUT2D eigenvalue weighted by Gasteiger charge is -2.23. The predicted molar refractivity (Wildman–Crippen MR) is 53.2 cm³/mol. The molecule has 1 nitrogen and oxygen atoms in total. The van der Waals surface area contributed by atoms with Crippen molar-refractivity contribution in [3.05, 3.63) is 34.6 Å². The Morgan fingerprint density at radius 3 is 2.62 bits per heavy atom. The molecule has 0 amide bonds. The molecule has 1 aromatic rings. The molecule has 0 heterocycles. The Morgan fingerprint density at radius 2 is 2.15 bits per heavy atom. The van der Waals surface area contributed by atoms with Gasteiger partial charge in [0, 0.05) is 5.54 Å². The van der Waals surface area contributed by atoms with Gasteiger partial charge >= 0.3 is 0 Å². The molecule has 1 rings (SSSR count). The van der Waals surface area contributed by atoms with E-state index >= 15 is 0 Å². The number of rotatable bonds is 2. The van der Waals surface area contributed by atoms with Crippen LogP contribution in [0.3, 0.4) is 0 Å². The topological polar surface area (TPSA) is 26.0 Å². The lowest BCUT2D eigenvalue weighted by atomic mass is 9.91. The van der Waals surface area contributed by atoms with Gasteiger partial charge in [0.05, 0.1) is 5.02 Å². The van der Waals surface area contributed by atoms with Gasteiger partial charge in [0.1, 0.15) is 5.82 Å². The quantitative estimate of drug-likeness (QED) is 0.782. The monoisotopic (exact) mass is 201 g/mol. The van der Waals surface area contributed by atoms with Crippen LogP contribution in [0.15, 0.2) is 18.2 Å². The molecular formula is C10H13ClFN. The van der Waals surface area contributed by atoms with Crippen LogP contribution in [-0.2, 0) is 5.54 Å². The van der Waals surface area contributed by atoms with Crippen molar-refractivity contribution in [2.75, 3.05) is 0 Å². The lowest BCUT2D eigenvalue weighted by Crippen LogP contribution is -2.31. The first-order chi connectivity index (χ1) is 5.97. The summed E-state index contributed by atoms with van der Waals surface area (Å²) in [4.78, 5) is 0. The highest BCUT2D eigenvalue weighted by Gasteiger charge is 2.19. The molecule has 0 radical (unpaired) electrons. The second kappa shape index (κ2) is 3.64. The van der Waals surface area contributed by atoms with Crippen LogP contribution in [0.1, 0.15) is 25.8 Å². The fourth-order valence-corrected chi connectivity index (χ4v) is 1.24. The molecule has 1 aromatic carbocycles. The van der Waals surface area contributed by atoms with E-state index in [0.29, 0.717) is 0 Å². The Kier molecular flexibility index (Phi) is 2.94. The average molecular weight is 202 g/mol. The second-order valence-corrected chi connectivity index (χ2v) is 3.81. The largest absolute Gasteiger partial charge is 0.322 e. The summed E-state index contributed by atoms with van der Waals surface area (Å²) in [5.74, 6) is -0.405. The van der Waals surface area contributed by atoms with E-state index in [1.54, 1.807) is 12.1 Å². The molecule has 0 spiro atoms. The van der Waals surface area contributed by atoms with Crippen molar-refractivity contribution < 1.29 is 4.39 Å². The van der Waals surface area contributed by atoms with Gasteiger partial charge in [-0.2, -0.15) is 0 Å². The normalized spacial score (nSPS) is 15.5. The molecule has 0 fully saturated rings. The van der Waals surface area contributed by atoms with Crippen LogP contribution in [0.2, 0.25) is 5.02 Å². The summed E-state index contributed by atoms with van der Waals surface area (Å²) >= 11 is 5.65. The third-order valence-corrected chi connectivity index (χ3v) is 2.60. The second-order valence-electron chi connectivity index (χ2n) is 3.40. The first-order valence-corrected chi connectivity index (χ1v) is 4.59. The van der Waals surface area contributed by atoms with E-state index in [9.17, 15) is 4.39 Å². The van der Waals surface area contributed by atoms with E-state index in [4.69, 9.17) is 17.3 Å². The van der Waals surface area contributed by atoms with Crippen LogP contribution in [0.25, 0.3) is 0 Å². The molecule has 72 valence electrons. The fourth-order valence-electron chi connectivity index (χ4n) is 1.06. The summed E-state index contributed by atoms with van der Waals surface area (Å²) in [7, 11) is 0. The molecule has 0 bridgehead atoms. The Labute approximate surface area is 82.7 Å². The summed E-state index contributed by atoms with van der Waals surface area (Å²) in [6, 6.07) is 4.60. The van der Waals surface area contributed by atoms with Gasteiger partial charge < -0.3 is 5.73 Å². The number of benzene rings is 1. The third kappa shape index (κ3) is 2.20. The number of hydrogen-bond acceptors (Lipinski definition) is 1. The highest BCUT2D eigenvalue weighted by Crippen LogP contribution is 2.25. The Hall–Kier alpha value is -0.600. The molecule has 0 aliphatic heterocycles. The molecule has 3 heteroatoms. The Balaban J connectivity index is 3.10. The molecule has 1 unspecified atom stereocenters. The molecule has 0 aliphatic rings. The van der Waals surface area contributed by atoms with Gasteiger partial charge in [-0.25, -0.2) is 4.39 Å². The summed E-state index contributed by atoms with van der Waals surface area (Å²) in [5.41, 5.74) is 6.40. The van der Waals surface area contributed by atoms with Gasteiger partial charge in [0.2, 0.25) is 0 Å². The fraction of sp³-hybridized carbons (Fsp3) is 0.400. The van der Waals surface area contributed by atoms with Crippen LogP contribution in [0.4, 0.5) is 4.39 Å². The molecule has 0 aromatic heterocycles. The molecule has 2 N–H and O–H groups in total. The number of hydrogen-bond donors (Lipinski definition) is 1. The average Bonchev–Trinajstić information content (AvgIpc) is 2.09. The first-order valence-electron chi connectivity index (χ1n) is 4.22. The van der Waals surface area contributed by atoms with Gasteiger partial charge in [0.15, 0.2) is 0 Å². The van der Waals surface area contributed by atoms with Crippen molar-refractivity contribution in [3.8, 4) is 0 Å². The van der Waals surface area contributed by atoms with Crippen molar-refractivity contribution >= 4 is 11.6 Å². The summed E-state index contributed by atoms with van der Waals surface area (Å²) in [6.45, 7) is 3.88. The van der Waals surface area contributed by atoms with E-state index in [0.717, 1.165) is 12.0 Å². The van der Waals surface area contributed by atoms with Gasteiger partial charge in [-0.3, -0.25) is 0 Å². The Bertz CT molecular complexity index is 310. The molecule has 0 saturated carbocycles. The van der Waals surface area contributed by atoms with E-state index in [-0.39, 0.29) is 5.02 Å². The van der Waals surface area contributed by atoms with Gasteiger partial charge in [-0.1, -0.05) is 24.6 Å². The summed E-state index contributed by atoms with van der Waals surface area (Å²) in [5, 5.41) is 0.127. The van der Waals surface area contributed by atoms with E-state index in [1.165, 1.54) is 6.07 Å². The van der Waals surface area contributed by atoms with Crippen molar-refractivity contribution in [1.29, 1.82) is 0 Å². The van der Waals surface area contributed by atoms with E-state index < -0.39 is 11.4 Å². The summed E-state index contributed by atoms with van der Waals surface area (Å²) < 4.78 is 12.8. The minimum absolute atomic E-state index is 0.127. The van der Waals surface area contributed by atoms with Crippen molar-refractivity contribution in [1.82, 2.24) is 0 Å². The zero-order valence-electron chi connectivity index (χ0n) is 7.77. The lowest BCUT2D eigenvalue weighted by molar-refractivity contribution is 0.475. The molecule has 13 heavy (non-hydrogen) atoms. The van der Waals surface area contributed by atoms with Crippen molar-refractivity contribution in [3.63, 3.8) is 0 Å². The highest BCUT2D eigenvalue weighted by atomic mass is 35.5. The van der Waals surface area contributed by atoms with Crippen LogP contribution >= 0.6 is 11.6 Å². The maximum absolute atomic E-state index is 12.8. The standard InChI is InChI=1S/C10H13ClFN/c1-3-10(2,13)7-4-5-9(12)8(11)6-7/h4-6H,3,13H2,1-2H3. The van der Waals surface area contributed by atoms with Crippen molar-refractivity contribution in [2.24, 2.45) is 5.73 Å². The van der Waals surface area contributed by atoms with Crippen LogP contribution in [0.5, 0.6) is 0 Å². The molecule has 0 aliphatic carbocycles. The highest BCUT2D eigenvalue weighted by molar-refractivity contribution is 6.30. The van der Waals surface area contributed by atoms with E-state index in [1.807, 2.05) is 13.8 Å². The van der Waals surface area contributed by atoms with Gasteiger partial charge in [-0.05, 0) is 31.0 Å². The van der Waals surface area contributed by atoms with Gasteiger partial charge in [0.25, 0.3) is 0 Å². The van der Waals surface area contributed by atoms with Crippen LogP contribution in [-0.4, -0.2) is 0 Å². The number of halogens is 2. The SMILES string of the molecule is CCC(C)(N)c1ccc(F)c(Cl)c1. The Morgan fingerprint density at radius 1 is 1.54 bits per heavy atom. The van der Waals surface area contributed by atoms with Gasteiger partial charge in [-0.15, -0.1) is 0 Å². The van der Waals surface area contributed by atoms with E-state index in [2.05, 4.69) is 0 Å². The van der Waals surface area contributed by atoms with Crippen molar-refractivity contribution in [2.45, 2.75) is 25.8 Å². The zero-order valence-corrected chi connectivity index (χ0v) is 8.53. The predicted octanol–water partition coefficient (Wildman–Crippen LogP) is 3.06. The third-order valence-electron chi connectivity index (χ3n) is 2.31. The molecular weight excluding hydrogens is 189 g/mol. The molecule has 0 saturated heterocycles. The maximum atomic E-state index is 12.8. The number of nitrogens with two attached hydrogens (primary N) is 1.